The average molecular weight is 260 g/mol. The minimum Gasteiger partial charge on any atom is -0.306 e. The number of nitro benzene ring substituents is 1. The van der Waals surface area contributed by atoms with Crippen LogP contribution in [0, 0.1) is 10.1 Å². The molecule has 1 aromatic heterocycles. The van der Waals surface area contributed by atoms with Gasteiger partial charge in [-0.25, -0.2) is 0 Å². The zero-order chi connectivity index (χ0) is 13.8. The quantitative estimate of drug-likeness (QED) is 0.660. The maximum absolute atomic E-state index is 10.7. The molecule has 0 radical (unpaired) electrons. The zero-order valence-corrected chi connectivity index (χ0v) is 10.9. The summed E-state index contributed by atoms with van der Waals surface area (Å²) < 4.78 is 1.75. The molecular formula is C13H16N4O2. The molecule has 0 saturated heterocycles. The SMILES string of the molecule is CC(NCc1cccc([N+](=O)[O-])c1)c1cnn(C)c1. The van der Waals surface area contributed by atoms with Crippen LogP contribution < -0.4 is 5.32 Å². The summed E-state index contributed by atoms with van der Waals surface area (Å²) in [5, 5.41) is 18.1. The molecule has 0 bridgehead atoms. The van der Waals surface area contributed by atoms with Gasteiger partial charge in [0.05, 0.1) is 11.1 Å². The first-order valence-corrected chi connectivity index (χ1v) is 6.01. The summed E-state index contributed by atoms with van der Waals surface area (Å²) in [5.41, 5.74) is 2.10. The number of nitro groups is 1. The minimum atomic E-state index is -0.381. The molecule has 0 aliphatic heterocycles. The summed E-state index contributed by atoms with van der Waals surface area (Å²) in [6.45, 7) is 2.62. The second kappa shape index (κ2) is 5.62. The largest absolute Gasteiger partial charge is 0.306 e. The fourth-order valence-corrected chi connectivity index (χ4v) is 1.83. The fraction of sp³-hybridized carbons (Fsp3) is 0.308. The van der Waals surface area contributed by atoms with Crippen molar-refractivity contribution in [2.45, 2.75) is 19.5 Å². The van der Waals surface area contributed by atoms with Gasteiger partial charge in [-0.2, -0.15) is 5.10 Å². The third-order valence-corrected chi connectivity index (χ3v) is 2.96. The van der Waals surface area contributed by atoms with Crippen LogP contribution in [0.2, 0.25) is 0 Å². The smallest absolute Gasteiger partial charge is 0.269 e. The summed E-state index contributed by atoms with van der Waals surface area (Å²) in [6.07, 6.45) is 3.76. The Kier molecular flexibility index (Phi) is 3.91. The van der Waals surface area contributed by atoms with E-state index in [1.165, 1.54) is 6.07 Å². The second-order valence-electron chi connectivity index (χ2n) is 4.48. The predicted octanol–water partition coefficient (Wildman–Crippen LogP) is 2.18. The summed E-state index contributed by atoms with van der Waals surface area (Å²) in [7, 11) is 1.87. The molecule has 1 heterocycles. The number of aryl methyl sites for hydroxylation is 1. The molecule has 0 spiro atoms. The maximum Gasteiger partial charge on any atom is 0.269 e. The van der Waals surface area contributed by atoms with Crippen LogP contribution in [0.4, 0.5) is 5.69 Å². The Balaban J connectivity index is 1.98. The molecule has 2 rings (SSSR count). The fourth-order valence-electron chi connectivity index (χ4n) is 1.83. The normalized spacial score (nSPS) is 12.3. The maximum atomic E-state index is 10.7. The van der Waals surface area contributed by atoms with Crippen molar-refractivity contribution in [3.8, 4) is 0 Å². The van der Waals surface area contributed by atoms with E-state index in [0.29, 0.717) is 6.54 Å². The molecule has 0 amide bonds. The van der Waals surface area contributed by atoms with Gasteiger partial charge in [0, 0.05) is 43.5 Å². The highest BCUT2D eigenvalue weighted by molar-refractivity contribution is 5.34. The van der Waals surface area contributed by atoms with Crippen molar-refractivity contribution < 1.29 is 4.92 Å². The molecule has 1 N–H and O–H groups in total. The number of nitrogens with one attached hydrogen (secondary N) is 1. The molecule has 1 aromatic carbocycles. The standard InChI is InChI=1S/C13H16N4O2/c1-10(12-8-15-16(2)9-12)14-7-11-4-3-5-13(6-11)17(18)19/h3-6,8-10,14H,7H2,1-2H3. The Morgan fingerprint density at radius 1 is 1.53 bits per heavy atom. The van der Waals surface area contributed by atoms with Gasteiger partial charge in [0.15, 0.2) is 0 Å². The lowest BCUT2D eigenvalue weighted by atomic mass is 10.1. The number of benzene rings is 1. The highest BCUT2D eigenvalue weighted by Crippen LogP contribution is 2.15. The molecular weight excluding hydrogens is 244 g/mol. The number of nitrogens with zero attached hydrogens (tertiary/aromatic N) is 3. The van der Waals surface area contributed by atoms with Crippen LogP contribution in [0.3, 0.4) is 0 Å². The van der Waals surface area contributed by atoms with Crippen LogP contribution in [-0.2, 0) is 13.6 Å². The molecule has 1 unspecified atom stereocenters. The Bertz CT molecular complexity index is 580. The molecule has 19 heavy (non-hydrogen) atoms. The molecule has 100 valence electrons. The topological polar surface area (TPSA) is 73.0 Å². The van der Waals surface area contributed by atoms with Gasteiger partial charge < -0.3 is 5.32 Å². The monoisotopic (exact) mass is 260 g/mol. The van der Waals surface area contributed by atoms with Crippen molar-refractivity contribution in [2.24, 2.45) is 7.05 Å². The van der Waals surface area contributed by atoms with Crippen LogP contribution in [0.25, 0.3) is 0 Å². The number of hydrogen-bond acceptors (Lipinski definition) is 4. The Morgan fingerprint density at radius 3 is 2.95 bits per heavy atom. The van der Waals surface area contributed by atoms with E-state index >= 15 is 0 Å². The van der Waals surface area contributed by atoms with Crippen molar-refractivity contribution in [1.29, 1.82) is 0 Å². The van der Waals surface area contributed by atoms with Crippen molar-refractivity contribution in [2.75, 3.05) is 0 Å². The van der Waals surface area contributed by atoms with Crippen molar-refractivity contribution in [1.82, 2.24) is 15.1 Å². The van der Waals surface area contributed by atoms with Crippen LogP contribution in [0.5, 0.6) is 0 Å². The third-order valence-electron chi connectivity index (χ3n) is 2.96. The highest BCUT2D eigenvalue weighted by atomic mass is 16.6. The van der Waals surface area contributed by atoms with Crippen LogP contribution in [0.15, 0.2) is 36.7 Å². The Hall–Kier alpha value is -2.21. The molecule has 0 aliphatic carbocycles. The van der Waals surface area contributed by atoms with E-state index in [9.17, 15) is 10.1 Å². The minimum absolute atomic E-state index is 0.119. The lowest BCUT2D eigenvalue weighted by Gasteiger charge is -2.11. The lowest BCUT2D eigenvalue weighted by molar-refractivity contribution is -0.384. The van der Waals surface area contributed by atoms with Crippen molar-refractivity contribution in [3.63, 3.8) is 0 Å². The van der Waals surface area contributed by atoms with E-state index in [0.717, 1.165) is 11.1 Å². The first-order valence-electron chi connectivity index (χ1n) is 6.01. The van der Waals surface area contributed by atoms with Gasteiger partial charge in [0.2, 0.25) is 0 Å². The van der Waals surface area contributed by atoms with E-state index < -0.39 is 0 Å². The molecule has 0 saturated carbocycles. The summed E-state index contributed by atoms with van der Waals surface area (Å²) in [6, 6.07) is 6.80. The van der Waals surface area contributed by atoms with E-state index in [4.69, 9.17) is 0 Å². The van der Waals surface area contributed by atoms with E-state index in [-0.39, 0.29) is 16.7 Å². The van der Waals surface area contributed by atoms with Gasteiger partial charge in [-0.05, 0) is 12.5 Å². The average Bonchev–Trinajstić information content (AvgIpc) is 2.83. The van der Waals surface area contributed by atoms with E-state index in [2.05, 4.69) is 10.4 Å². The molecule has 0 aliphatic rings. The number of hydrogen-bond donors (Lipinski definition) is 1. The molecule has 2 aromatic rings. The zero-order valence-electron chi connectivity index (χ0n) is 10.9. The Morgan fingerprint density at radius 2 is 2.32 bits per heavy atom. The summed E-state index contributed by atoms with van der Waals surface area (Å²) >= 11 is 0. The number of rotatable bonds is 5. The van der Waals surface area contributed by atoms with Crippen LogP contribution in [-0.4, -0.2) is 14.7 Å². The number of non-ortho nitro benzene ring substituents is 1. The molecule has 0 fully saturated rings. The van der Waals surface area contributed by atoms with Gasteiger partial charge in [0.25, 0.3) is 5.69 Å². The van der Waals surface area contributed by atoms with Crippen LogP contribution >= 0.6 is 0 Å². The van der Waals surface area contributed by atoms with Crippen molar-refractivity contribution >= 4 is 5.69 Å². The highest BCUT2D eigenvalue weighted by Gasteiger charge is 2.09. The van der Waals surface area contributed by atoms with Gasteiger partial charge in [-0.1, -0.05) is 12.1 Å². The van der Waals surface area contributed by atoms with Gasteiger partial charge in [-0.3, -0.25) is 14.8 Å². The predicted molar refractivity (Wildman–Crippen MR) is 71.6 cm³/mol. The number of aromatic nitrogens is 2. The second-order valence-corrected chi connectivity index (χ2v) is 4.48. The first kappa shape index (κ1) is 13.2. The molecule has 6 nitrogen and oxygen atoms in total. The van der Waals surface area contributed by atoms with E-state index in [1.54, 1.807) is 16.8 Å². The van der Waals surface area contributed by atoms with E-state index in [1.807, 2.05) is 32.4 Å². The summed E-state index contributed by atoms with van der Waals surface area (Å²) in [5.74, 6) is 0. The third kappa shape index (κ3) is 3.38. The van der Waals surface area contributed by atoms with Gasteiger partial charge >= 0.3 is 0 Å². The van der Waals surface area contributed by atoms with Gasteiger partial charge in [-0.15, -0.1) is 0 Å². The summed E-state index contributed by atoms with van der Waals surface area (Å²) in [4.78, 5) is 10.3. The molecule has 6 heteroatoms. The molecule has 1 atom stereocenters. The van der Waals surface area contributed by atoms with Crippen molar-refractivity contribution in [3.05, 3.63) is 57.9 Å². The Labute approximate surface area is 111 Å². The first-order chi connectivity index (χ1) is 9.06. The lowest BCUT2D eigenvalue weighted by Crippen LogP contribution is -2.17. The van der Waals surface area contributed by atoms with Crippen LogP contribution in [0.1, 0.15) is 24.1 Å². The van der Waals surface area contributed by atoms with Gasteiger partial charge in [0.1, 0.15) is 0 Å².